The van der Waals surface area contributed by atoms with E-state index in [4.69, 9.17) is 9.47 Å². The van der Waals surface area contributed by atoms with Crippen molar-refractivity contribution in [3.05, 3.63) is 64.7 Å². The summed E-state index contributed by atoms with van der Waals surface area (Å²) in [6.07, 6.45) is 4.88. The van der Waals surface area contributed by atoms with Crippen LogP contribution in [0.5, 0.6) is 11.5 Å². The van der Waals surface area contributed by atoms with Gasteiger partial charge in [-0.05, 0) is 61.1 Å². The highest BCUT2D eigenvalue weighted by Crippen LogP contribution is 2.44. The van der Waals surface area contributed by atoms with Crippen LogP contribution in [0.25, 0.3) is 5.76 Å². The maximum atomic E-state index is 13.5. The van der Waals surface area contributed by atoms with E-state index in [0.717, 1.165) is 49.0 Å². The summed E-state index contributed by atoms with van der Waals surface area (Å²) in [5, 5.41) is 11.6. The summed E-state index contributed by atoms with van der Waals surface area (Å²) < 4.78 is 11.3. The predicted molar refractivity (Wildman–Crippen MR) is 140 cm³/mol. The van der Waals surface area contributed by atoms with Crippen LogP contribution in [0.2, 0.25) is 0 Å². The van der Waals surface area contributed by atoms with Crippen molar-refractivity contribution in [2.75, 3.05) is 13.7 Å². The minimum Gasteiger partial charge on any atom is -0.507 e. The molecule has 6 nitrogen and oxygen atoms in total. The highest BCUT2D eigenvalue weighted by molar-refractivity contribution is 6.46. The Morgan fingerprint density at radius 1 is 1.06 bits per heavy atom. The molecule has 6 heteroatoms. The first-order valence-electron chi connectivity index (χ1n) is 12.9. The van der Waals surface area contributed by atoms with Crippen molar-refractivity contribution in [2.45, 2.75) is 77.3 Å². The van der Waals surface area contributed by atoms with E-state index >= 15 is 0 Å². The number of methoxy groups -OCH3 is 1. The van der Waals surface area contributed by atoms with Crippen LogP contribution in [0.15, 0.2) is 48.0 Å². The second-order valence-electron chi connectivity index (χ2n) is 10.7. The van der Waals surface area contributed by atoms with Gasteiger partial charge in [0.25, 0.3) is 11.7 Å². The van der Waals surface area contributed by atoms with Gasteiger partial charge >= 0.3 is 0 Å². The van der Waals surface area contributed by atoms with Crippen LogP contribution < -0.4 is 9.47 Å². The third-order valence-electron chi connectivity index (χ3n) is 7.22. The van der Waals surface area contributed by atoms with E-state index in [0.29, 0.717) is 17.9 Å². The zero-order valence-corrected chi connectivity index (χ0v) is 22.0. The molecule has 0 radical (unpaired) electrons. The van der Waals surface area contributed by atoms with Gasteiger partial charge in [-0.15, -0.1) is 0 Å². The van der Waals surface area contributed by atoms with Crippen molar-refractivity contribution >= 4 is 17.4 Å². The van der Waals surface area contributed by atoms with Gasteiger partial charge in [-0.25, -0.2) is 0 Å². The Balaban J connectivity index is 1.90. The number of hydrogen-bond donors (Lipinski definition) is 1. The zero-order chi connectivity index (χ0) is 26.0. The fourth-order valence-electron chi connectivity index (χ4n) is 5.42. The summed E-state index contributed by atoms with van der Waals surface area (Å²) in [7, 11) is 1.59. The lowest BCUT2D eigenvalue weighted by atomic mass is 9.84. The Morgan fingerprint density at radius 3 is 2.42 bits per heavy atom. The number of rotatable bonds is 6. The molecule has 2 fully saturated rings. The van der Waals surface area contributed by atoms with Crippen LogP contribution in [0.1, 0.15) is 82.5 Å². The maximum absolute atomic E-state index is 13.5. The molecule has 1 saturated heterocycles. The summed E-state index contributed by atoms with van der Waals surface area (Å²) in [5.41, 5.74) is 2.05. The van der Waals surface area contributed by atoms with Crippen molar-refractivity contribution in [3.8, 4) is 11.5 Å². The smallest absolute Gasteiger partial charge is 0.295 e. The second-order valence-corrected chi connectivity index (χ2v) is 10.7. The normalized spacial score (nSPS) is 20.6. The molecule has 0 bridgehead atoms. The topological polar surface area (TPSA) is 76.1 Å². The number of carbonyl (C=O) groups is 2. The molecule has 0 aromatic heterocycles. The third kappa shape index (κ3) is 4.86. The van der Waals surface area contributed by atoms with Gasteiger partial charge in [0.1, 0.15) is 17.3 Å². The number of ether oxygens (including phenoxy) is 2. The zero-order valence-electron chi connectivity index (χ0n) is 22.0. The molecule has 4 rings (SSSR count). The summed E-state index contributed by atoms with van der Waals surface area (Å²) in [5.74, 6) is 0.0368. The summed E-state index contributed by atoms with van der Waals surface area (Å²) in [6.45, 7) is 8.69. The summed E-state index contributed by atoms with van der Waals surface area (Å²) in [6, 6.07) is 12.2. The molecule has 1 atom stereocenters. The fourth-order valence-corrected chi connectivity index (χ4v) is 5.42. The van der Waals surface area contributed by atoms with E-state index in [2.05, 4.69) is 20.8 Å². The third-order valence-corrected chi connectivity index (χ3v) is 7.22. The molecule has 1 saturated carbocycles. The van der Waals surface area contributed by atoms with E-state index in [1.165, 1.54) is 0 Å². The van der Waals surface area contributed by atoms with Crippen LogP contribution >= 0.6 is 0 Å². The molecular weight excluding hydrogens is 454 g/mol. The monoisotopic (exact) mass is 491 g/mol. The lowest BCUT2D eigenvalue weighted by Gasteiger charge is -2.35. The van der Waals surface area contributed by atoms with Crippen molar-refractivity contribution in [1.82, 2.24) is 4.90 Å². The number of aliphatic hydroxyl groups is 1. The Kier molecular flexibility index (Phi) is 7.43. The molecule has 1 aliphatic carbocycles. The first-order valence-corrected chi connectivity index (χ1v) is 12.9. The molecule has 36 heavy (non-hydrogen) atoms. The fraction of sp³-hybridized carbons (Fsp3) is 0.467. The first-order chi connectivity index (χ1) is 17.2. The molecule has 2 aliphatic rings. The second kappa shape index (κ2) is 10.4. The van der Waals surface area contributed by atoms with Gasteiger partial charge in [0.15, 0.2) is 0 Å². The SMILES string of the molecule is CCOc1ccc(/C(O)=C2/C(=O)C(=O)N(C3CCCCC3)C2c2cccc(OC)c2)cc1C(C)(C)C. The number of amides is 1. The number of carbonyl (C=O) groups excluding carboxylic acids is 2. The number of aliphatic hydroxyl groups excluding tert-OH is 1. The van der Waals surface area contributed by atoms with Gasteiger partial charge in [-0.2, -0.15) is 0 Å². The van der Waals surface area contributed by atoms with E-state index < -0.39 is 17.7 Å². The molecule has 1 unspecified atom stereocenters. The first kappa shape index (κ1) is 25.8. The quantitative estimate of drug-likeness (QED) is 0.298. The molecule has 1 N–H and O–H groups in total. The largest absolute Gasteiger partial charge is 0.507 e. The predicted octanol–water partition coefficient (Wildman–Crippen LogP) is 6.15. The van der Waals surface area contributed by atoms with Crippen LogP contribution in [-0.4, -0.2) is 41.5 Å². The van der Waals surface area contributed by atoms with Gasteiger partial charge in [0.05, 0.1) is 25.3 Å². The molecule has 1 heterocycles. The van der Waals surface area contributed by atoms with Gasteiger partial charge in [-0.3, -0.25) is 9.59 Å². The molecule has 2 aromatic carbocycles. The van der Waals surface area contributed by atoms with Crippen LogP contribution in [0, 0.1) is 0 Å². The molecule has 0 spiro atoms. The van der Waals surface area contributed by atoms with Crippen molar-refractivity contribution in [1.29, 1.82) is 0 Å². The number of hydrogen-bond acceptors (Lipinski definition) is 5. The van der Waals surface area contributed by atoms with Crippen molar-refractivity contribution in [2.24, 2.45) is 0 Å². The number of nitrogens with zero attached hydrogens (tertiary/aromatic N) is 1. The molecular formula is C30H37NO5. The van der Waals surface area contributed by atoms with Crippen LogP contribution in [-0.2, 0) is 15.0 Å². The Bertz CT molecular complexity index is 1170. The lowest BCUT2D eigenvalue weighted by Crippen LogP contribution is -2.40. The van der Waals surface area contributed by atoms with Crippen LogP contribution in [0.4, 0.5) is 0 Å². The molecule has 192 valence electrons. The highest BCUT2D eigenvalue weighted by Gasteiger charge is 2.49. The average molecular weight is 492 g/mol. The lowest BCUT2D eigenvalue weighted by molar-refractivity contribution is -0.141. The van der Waals surface area contributed by atoms with Crippen molar-refractivity contribution < 1.29 is 24.2 Å². The van der Waals surface area contributed by atoms with Gasteiger partial charge < -0.3 is 19.5 Å². The van der Waals surface area contributed by atoms with Gasteiger partial charge in [-0.1, -0.05) is 52.2 Å². The Labute approximate surface area is 213 Å². The van der Waals surface area contributed by atoms with E-state index in [1.54, 1.807) is 18.1 Å². The number of benzene rings is 2. The van der Waals surface area contributed by atoms with E-state index in [-0.39, 0.29) is 22.8 Å². The van der Waals surface area contributed by atoms with Crippen LogP contribution in [0.3, 0.4) is 0 Å². The van der Waals surface area contributed by atoms with E-state index in [9.17, 15) is 14.7 Å². The molecule has 1 aliphatic heterocycles. The number of likely N-dealkylation sites (tertiary alicyclic amines) is 1. The maximum Gasteiger partial charge on any atom is 0.295 e. The standard InChI is InChI=1S/C30H37NO5/c1-6-36-24-16-15-20(18-23(24)30(2,3)4)27(32)25-26(19-11-10-14-22(17-19)35-5)31(29(34)28(25)33)21-12-8-7-9-13-21/h10-11,14-18,21,26,32H,6-9,12-13H2,1-5H3/b27-25-. The average Bonchev–Trinajstić information content (AvgIpc) is 3.14. The summed E-state index contributed by atoms with van der Waals surface area (Å²) >= 11 is 0. The summed E-state index contributed by atoms with van der Waals surface area (Å²) in [4.78, 5) is 28.6. The van der Waals surface area contributed by atoms with Gasteiger partial charge in [0.2, 0.25) is 0 Å². The number of Topliss-reactive ketones (excluding diaryl/α,β-unsaturated/α-hetero) is 1. The van der Waals surface area contributed by atoms with E-state index in [1.807, 2.05) is 43.3 Å². The molecule has 1 amide bonds. The minimum absolute atomic E-state index is 0.0397. The molecule has 2 aromatic rings. The Hall–Kier alpha value is -3.28. The van der Waals surface area contributed by atoms with Gasteiger partial charge in [0, 0.05) is 17.2 Å². The van der Waals surface area contributed by atoms with Crippen molar-refractivity contribution in [3.63, 3.8) is 0 Å². The number of ketones is 1. The minimum atomic E-state index is -0.673. The Morgan fingerprint density at radius 2 is 1.78 bits per heavy atom. The highest BCUT2D eigenvalue weighted by atomic mass is 16.5.